The molecule has 0 bridgehead atoms. The molecule has 10 amide bonds. The number of piperidine rings is 2. The Labute approximate surface area is 416 Å². The highest BCUT2D eigenvalue weighted by Gasteiger charge is 2.22. The average Bonchev–Trinajstić information content (AvgIpc) is 4.18. The van der Waals surface area contributed by atoms with Crippen LogP contribution in [0.1, 0.15) is 145 Å². The molecule has 6 N–H and O–H groups in total. The second kappa shape index (κ2) is 49.4. The minimum atomic E-state index is 0.0399. The lowest BCUT2D eigenvalue weighted by Crippen LogP contribution is -2.49. The number of hydrogen-bond donors (Lipinski definition) is 6. The van der Waals surface area contributed by atoms with Gasteiger partial charge < -0.3 is 61.3 Å². The van der Waals surface area contributed by atoms with E-state index in [-0.39, 0.29) is 35.9 Å². The van der Waals surface area contributed by atoms with E-state index in [1.807, 2.05) is 75.0 Å². The van der Waals surface area contributed by atoms with Crippen LogP contribution in [-0.2, 0) is 9.59 Å². The molecule has 6 fully saturated rings. The van der Waals surface area contributed by atoms with E-state index in [9.17, 15) is 28.8 Å². The van der Waals surface area contributed by atoms with Crippen molar-refractivity contribution in [3.05, 3.63) is 0 Å². The Hall–Kier alpha value is -4.06. The van der Waals surface area contributed by atoms with Crippen LogP contribution in [0.3, 0.4) is 0 Å². The van der Waals surface area contributed by atoms with Crippen LogP contribution in [0.15, 0.2) is 0 Å². The van der Waals surface area contributed by atoms with Crippen LogP contribution in [0, 0.1) is 11.8 Å². The molecule has 6 aliphatic rings. The van der Waals surface area contributed by atoms with Crippen LogP contribution in [0.4, 0.5) is 19.2 Å². The number of carbonyl (C=O) groups is 6. The molecule has 6 rings (SSSR count). The number of likely N-dealkylation sites (tertiary alicyclic amines) is 2. The van der Waals surface area contributed by atoms with Crippen molar-refractivity contribution < 1.29 is 28.8 Å². The summed E-state index contributed by atoms with van der Waals surface area (Å²) < 4.78 is 0. The second-order valence-electron chi connectivity index (χ2n) is 16.1. The summed E-state index contributed by atoms with van der Waals surface area (Å²) in [6, 6.07) is 0.218. The monoisotopic (exact) mass is 973 g/mol. The number of likely N-dealkylation sites (N-methyl/N-ethyl adjacent to an activating group) is 2. The maximum Gasteiger partial charge on any atom is 0.317 e. The number of nitrogens with one attached hydrogen (secondary N) is 6. The molecule has 4 heterocycles. The zero-order chi connectivity index (χ0) is 52.7. The summed E-state index contributed by atoms with van der Waals surface area (Å²) in [5.74, 6) is 1.12. The van der Waals surface area contributed by atoms with Crippen molar-refractivity contribution in [3.8, 4) is 0 Å². The van der Waals surface area contributed by atoms with E-state index in [1.165, 1.54) is 38.5 Å². The fourth-order valence-electron chi connectivity index (χ4n) is 7.63. The van der Waals surface area contributed by atoms with Crippen molar-refractivity contribution in [2.75, 3.05) is 135 Å². The Morgan fingerprint density at radius 2 is 0.500 bits per heavy atom. The number of amides is 10. The van der Waals surface area contributed by atoms with Crippen molar-refractivity contribution in [1.82, 2.24) is 61.3 Å². The Bertz CT molecular complexity index is 1120. The highest BCUT2D eigenvalue weighted by molar-refractivity contribution is 5.79. The second-order valence-corrected chi connectivity index (χ2v) is 16.1. The van der Waals surface area contributed by atoms with Crippen LogP contribution in [0.5, 0.6) is 0 Å². The van der Waals surface area contributed by atoms with Crippen LogP contribution < -0.4 is 31.9 Å². The van der Waals surface area contributed by atoms with Crippen LogP contribution in [0.25, 0.3) is 0 Å². The van der Waals surface area contributed by atoms with E-state index < -0.39 is 0 Å². The number of urea groups is 4. The molecule has 0 aromatic carbocycles. The Morgan fingerprint density at radius 3 is 0.691 bits per heavy atom. The Kier molecular flexibility index (Phi) is 51.2. The van der Waals surface area contributed by atoms with Gasteiger partial charge >= 0.3 is 24.1 Å². The van der Waals surface area contributed by atoms with Crippen molar-refractivity contribution in [1.29, 1.82) is 0 Å². The lowest BCUT2D eigenvalue weighted by atomic mass is 10.1. The fraction of sp³-hybridized carbons (Fsp3) is 0.880. The zero-order valence-corrected chi connectivity index (χ0v) is 46.7. The lowest BCUT2D eigenvalue weighted by molar-refractivity contribution is -0.125. The summed E-state index contributed by atoms with van der Waals surface area (Å²) in [7, 11) is 14.2. The minimum Gasteiger partial charge on any atom is -0.359 e. The van der Waals surface area contributed by atoms with Crippen molar-refractivity contribution >= 4 is 35.9 Å². The Balaban J connectivity index is -0.000000351. The highest BCUT2D eigenvalue weighted by Crippen LogP contribution is 2.25. The first-order valence-electron chi connectivity index (χ1n) is 26.5. The molecule has 2 saturated carbocycles. The summed E-state index contributed by atoms with van der Waals surface area (Å²) in [6.07, 6.45) is 16.5. The van der Waals surface area contributed by atoms with Gasteiger partial charge in [-0.2, -0.15) is 0 Å². The Morgan fingerprint density at radius 1 is 0.294 bits per heavy atom. The number of carbonyl (C=O) groups excluding carboxylic acids is 6. The van der Waals surface area contributed by atoms with Gasteiger partial charge in [0.25, 0.3) is 0 Å². The summed E-state index contributed by atoms with van der Waals surface area (Å²) in [4.78, 5) is 77.7. The van der Waals surface area contributed by atoms with E-state index in [1.54, 1.807) is 42.3 Å². The normalized spacial score (nSPS) is 17.6. The van der Waals surface area contributed by atoms with E-state index in [0.29, 0.717) is 11.8 Å². The van der Waals surface area contributed by atoms with E-state index in [0.717, 1.165) is 130 Å². The number of rotatable bonds is 2. The standard InChI is InChI=1S/2C7H15N3O.2C7H14N2O.2C7H13NO.4C2H6/c2*1-8-7(11)10-5-3-9(2)4-6-10;2*1-8-7(10)9-5-3-2-4-6-9;2*1-8-7(9)6-4-2-3-5-6;4*1-2/h2*3-6H2,1-2H3,(H,8,11);2*2-6H2,1H3,(H,8,10);2*6H,2-5H2,1H3,(H,8,9);4*1-2H3. The molecule has 0 aromatic heterocycles. The first-order valence-corrected chi connectivity index (χ1v) is 26.5. The quantitative estimate of drug-likeness (QED) is 0.176. The minimum absolute atomic E-state index is 0.0399. The average molecular weight is 973 g/mol. The number of hydrogen-bond acceptors (Lipinski definition) is 8. The van der Waals surface area contributed by atoms with Gasteiger partial charge in [0.15, 0.2) is 0 Å². The third kappa shape index (κ3) is 34.3. The maximum absolute atomic E-state index is 11.1. The largest absolute Gasteiger partial charge is 0.359 e. The molecule has 18 heteroatoms. The molecule has 4 saturated heterocycles. The van der Waals surface area contributed by atoms with E-state index >= 15 is 0 Å². The summed E-state index contributed by atoms with van der Waals surface area (Å²) in [5, 5.41) is 15.8. The van der Waals surface area contributed by atoms with Gasteiger partial charge in [0.1, 0.15) is 0 Å². The first kappa shape index (κ1) is 70.5. The van der Waals surface area contributed by atoms with E-state index in [2.05, 4.69) is 55.8 Å². The molecule has 404 valence electrons. The van der Waals surface area contributed by atoms with Gasteiger partial charge in [0.05, 0.1) is 0 Å². The van der Waals surface area contributed by atoms with Gasteiger partial charge in [0.2, 0.25) is 11.8 Å². The van der Waals surface area contributed by atoms with Gasteiger partial charge in [0, 0.05) is 133 Å². The summed E-state index contributed by atoms with van der Waals surface area (Å²) >= 11 is 0. The van der Waals surface area contributed by atoms with Gasteiger partial charge in [-0.05, 0) is 78.3 Å². The predicted molar refractivity (Wildman–Crippen MR) is 284 cm³/mol. The fourth-order valence-corrected chi connectivity index (χ4v) is 7.63. The molecule has 0 aromatic rings. The van der Waals surface area contributed by atoms with E-state index in [4.69, 9.17) is 0 Å². The molecule has 0 spiro atoms. The van der Waals surface area contributed by atoms with Gasteiger partial charge in [-0.3, -0.25) is 9.59 Å². The number of nitrogens with zero attached hydrogens (tertiary/aromatic N) is 6. The predicted octanol–water partition coefficient (Wildman–Crippen LogP) is 6.72. The third-order valence-electron chi connectivity index (χ3n) is 11.7. The molecule has 4 aliphatic heterocycles. The van der Waals surface area contributed by atoms with Gasteiger partial charge in [-0.25, -0.2) is 19.2 Å². The summed E-state index contributed by atoms with van der Waals surface area (Å²) in [5.41, 5.74) is 0. The zero-order valence-electron chi connectivity index (χ0n) is 46.7. The van der Waals surface area contributed by atoms with Crippen LogP contribution >= 0.6 is 0 Å². The molecule has 68 heavy (non-hydrogen) atoms. The molecular weight excluding hydrogens is 865 g/mol. The SMILES string of the molecule is CC.CC.CC.CC.CNC(=O)C1CCCC1.CNC(=O)C1CCCC1.CNC(=O)N1CCCCC1.CNC(=O)N1CCCCC1.CNC(=O)N1CCN(C)CC1.CNC(=O)N1CCN(C)CC1. The van der Waals surface area contributed by atoms with Crippen LogP contribution in [0.2, 0.25) is 0 Å². The molecule has 2 aliphatic carbocycles. The van der Waals surface area contributed by atoms with Crippen LogP contribution in [-0.4, -0.2) is 200 Å². The summed E-state index contributed by atoms with van der Waals surface area (Å²) in [6.45, 7) is 27.0. The smallest absolute Gasteiger partial charge is 0.317 e. The molecule has 0 unspecified atom stereocenters. The third-order valence-corrected chi connectivity index (χ3v) is 11.7. The topological polar surface area (TPSA) is 194 Å². The van der Waals surface area contributed by atoms with Crippen molar-refractivity contribution in [2.45, 2.75) is 145 Å². The lowest BCUT2D eigenvalue weighted by Gasteiger charge is -2.31. The molecular formula is C50H108N12O6. The molecule has 18 nitrogen and oxygen atoms in total. The van der Waals surface area contributed by atoms with Crippen molar-refractivity contribution in [2.24, 2.45) is 11.8 Å². The maximum atomic E-state index is 11.1. The molecule has 0 radical (unpaired) electrons. The molecule has 0 atom stereocenters. The number of piperazine rings is 2. The van der Waals surface area contributed by atoms with Gasteiger partial charge in [-0.1, -0.05) is 81.1 Å². The first-order chi connectivity index (χ1) is 32.8. The van der Waals surface area contributed by atoms with Gasteiger partial charge in [-0.15, -0.1) is 0 Å². The highest BCUT2D eigenvalue weighted by atomic mass is 16.2. The van der Waals surface area contributed by atoms with Crippen molar-refractivity contribution in [3.63, 3.8) is 0 Å².